The average Bonchev–Trinajstić information content (AvgIpc) is 3.11. The molecule has 1 aromatic rings. The van der Waals surface area contributed by atoms with Gasteiger partial charge >= 0.3 is 0 Å². The van der Waals surface area contributed by atoms with E-state index in [1.807, 2.05) is 0 Å². The molecular formula is C19H30N2O2. The minimum Gasteiger partial charge on any atom is -0.496 e. The Kier molecular flexibility index (Phi) is 5.00. The van der Waals surface area contributed by atoms with Crippen LogP contribution in [0.2, 0.25) is 0 Å². The van der Waals surface area contributed by atoms with Crippen molar-refractivity contribution in [2.75, 3.05) is 38.8 Å². The minimum atomic E-state index is 0.0546. The number of ether oxygens (including phenoxy) is 2. The summed E-state index contributed by atoms with van der Waals surface area (Å²) >= 11 is 0. The van der Waals surface area contributed by atoms with Crippen molar-refractivity contribution in [1.29, 1.82) is 0 Å². The third-order valence-electron chi connectivity index (χ3n) is 5.72. The van der Waals surface area contributed by atoms with Crippen molar-refractivity contribution in [3.05, 3.63) is 17.7 Å². The molecule has 1 saturated carbocycles. The molecule has 0 bridgehead atoms. The van der Waals surface area contributed by atoms with Gasteiger partial charge < -0.3 is 20.1 Å². The first kappa shape index (κ1) is 16.4. The molecule has 2 fully saturated rings. The van der Waals surface area contributed by atoms with Gasteiger partial charge in [0.05, 0.1) is 19.9 Å². The smallest absolute Gasteiger partial charge is 0.142 e. The Balaban J connectivity index is 2.04. The van der Waals surface area contributed by atoms with E-state index < -0.39 is 0 Å². The summed E-state index contributed by atoms with van der Waals surface area (Å²) in [5.41, 5.74) is 8.64. The van der Waals surface area contributed by atoms with Crippen molar-refractivity contribution >= 4 is 5.69 Å². The summed E-state index contributed by atoms with van der Waals surface area (Å²) in [5, 5.41) is 0. The lowest BCUT2D eigenvalue weighted by Gasteiger charge is -2.34. The van der Waals surface area contributed by atoms with Gasteiger partial charge in [-0.15, -0.1) is 0 Å². The first-order valence-electron chi connectivity index (χ1n) is 8.95. The van der Waals surface area contributed by atoms with Crippen LogP contribution in [0.5, 0.6) is 11.5 Å². The SMILES string of the molecule is COc1cc(C2(CN)CCCC2)c(OC)cc1N1CCCCC1. The molecule has 3 rings (SSSR count). The van der Waals surface area contributed by atoms with Crippen molar-refractivity contribution in [2.24, 2.45) is 5.73 Å². The fourth-order valence-electron chi connectivity index (χ4n) is 4.31. The van der Waals surface area contributed by atoms with Crippen molar-refractivity contribution < 1.29 is 9.47 Å². The molecule has 4 heteroatoms. The maximum atomic E-state index is 6.19. The van der Waals surface area contributed by atoms with Crippen LogP contribution in [-0.4, -0.2) is 33.9 Å². The van der Waals surface area contributed by atoms with Gasteiger partial charge in [-0.2, -0.15) is 0 Å². The third-order valence-corrected chi connectivity index (χ3v) is 5.72. The van der Waals surface area contributed by atoms with E-state index in [0.29, 0.717) is 6.54 Å². The summed E-state index contributed by atoms with van der Waals surface area (Å²) in [6.45, 7) is 2.87. The number of rotatable bonds is 5. The number of nitrogens with two attached hydrogens (primary N) is 1. The van der Waals surface area contributed by atoms with Crippen molar-refractivity contribution in [1.82, 2.24) is 0 Å². The van der Waals surface area contributed by atoms with Crippen LogP contribution in [0.25, 0.3) is 0 Å². The van der Waals surface area contributed by atoms with E-state index in [1.165, 1.54) is 37.7 Å². The molecule has 0 radical (unpaired) electrons. The lowest BCUT2D eigenvalue weighted by molar-refractivity contribution is 0.370. The van der Waals surface area contributed by atoms with Gasteiger partial charge in [-0.25, -0.2) is 0 Å². The molecule has 2 aliphatic rings. The Labute approximate surface area is 139 Å². The summed E-state index contributed by atoms with van der Waals surface area (Å²) in [7, 11) is 3.53. The number of nitrogens with zero attached hydrogens (tertiary/aromatic N) is 1. The predicted octanol–water partition coefficient (Wildman–Crippen LogP) is 3.46. The van der Waals surface area contributed by atoms with Crippen LogP contribution in [0.15, 0.2) is 12.1 Å². The van der Waals surface area contributed by atoms with Gasteiger partial charge in [0.2, 0.25) is 0 Å². The van der Waals surface area contributed by atoms with Crippen molar-refractivity contribution in [3.8, 4) is 11.5 Å². The first-order chi connectivity index (χ1) is 11.2. The van der Waals surface area contributed by atoms with E-state index >= 15 is 0 Å². The fourth-order valence-corrected chi connectivity index (χ4v) is 4.31. The van der Waals surface area contributed by atoms with E-state index in [0.717, 1.165) is 43.1 Å². The Morgan fingerprint density at radius 2 is 1.61 bits per heavy atom. The number of methoxy groups -OCH3 is 2. The van der Waals surface area contributed by atoms with E-state index in [9.17, 15) is 0 Å². The molecule has 23 heavy (non-hydrogen) atoms. The minimum absolute atomic E-state index is 0.0546. The van der Waals surface area contributed by atoms with Crippen LogP contribution in [0.3, 0.4) is 0 Å². The first-order valence-corrected chi connectivity index (χ1v) is 8.95. The molecular weight excluding hydrogens is 288 g/mol. The zero-order valence-electron chi connectivity index (χ0n) is 14.6. The standard InChI is InChI=1S/C19H30N2O2/c1-22-17-13-16(21-10-6-3-7-11-21)18(23-2)12-15(17)19(14-20)8-4-5-9-19/h12-13H,3-11,14,20H2,1-2H3. The maximum Gasteiger partial charge on any atom is 0.142 e. The van der Waals surface area contributed by atoms with Crippen LogP contribution < -0.4 is 20.1 Å². The molecule has 0 amide bonds. The number of benzene rings is 1. The van der Waals surface area contributed by atoms with E-state index in [2.05, 4.69) is 17.0 Å². The van der Waals surface area contributed by atoms with Gasteiger partial charge in [0, 0.05) is 36.7 Å². The summed E-state index contributed by atoms with van der Waals surface area (Å²) in [6, 6.07) is 4.37. The quantitative estimate of drug-likeness (QED) is 0.903. The second kappa shape index (κ2) is 7.00. The van der Waals surface area contributed by atoms with Crippen LogP contribution >= 0.6 is 0 Å². The topological polar surface area (TPSA) is 47.7 Å². The highest BCUT2D eigenvalue weighted by atomic mass is 16.5. The molecule has 1 aliphatic heterocycles. The average molecular weight is 318 g/mol. The van der Waals surface area contributed by atoms with Gasteiger partial charge in [0.15, 0.2) is 0 Å². The molecule has 0 aromatic heterocycles. The number of piperidine rings is 1. The summed E-state index contributed by atoms with van der Waals surface area (Å²) in [6.07, 6.45) is 8.61. The van der Waals surface area contributed by atoms with Crippen molar-refractivity contribution in [2.45, 2.75) is 50.4 Å². The lowest BCUT2D eigenvalue weighted by atomic mass is 9.78. The zero-order chi connectivity index (χ0) is 16.3. The molecule has 4 nitrogen and oxygen atoms in total. The van der Waals surface area contributed by atoms with E-state index in [4.69, 9.17) is 15.2 Å². The van der Waals surface area contributed by atoms with Crippen LogP contribution in [0.4, 0.5) is 5.69 Å². The van der Waals surface area contributed by atoms with Gasteiger partial charge in [-0.05, 0) is 38.2 Å². The highest BCUT2D eigenvalue weighted by Crippen LogP contribution is 2.47. The molecule has 2 N–H and O–H groups in total. The van der Waals surface area contributed by atoms with E-state index in [-0.39, 0.29) is 5.41 Å². The lowest BCUT2D eigenvalue weighted by Crippen LogP contribution is -2.33. The monoisotopic (exact) mass is 318 g/mol. The van der Waals surface area contributed by atoms with Gasteiger partial charge in [-0.1, -0.05) is 12.8 Å². The summed E-state index contributed by atoms with van der Waals surface area (Å²) in [4.78, 5) is 2.43. The fraction of sp³-hybridized carbons (Fsp3) is 0.684. The van der Waals surface area contributed by atoms with Crippen LogP contribution in [0.1, 0.15) is 50.5 Å². The summed E-state index contributed by atoms with van der Waals surface area (Å²) in [5.74, 6) is 1.93. The second-order valence-electron chi connectivity index (χ2n) is 6.96. The number of hydrogen-bond donors (Lipinski definition) is 1. The third kappa shape index (κ3) is 3.01. The second-order valence-corrected chi connectivity index (χ2v) is 6.96. The van der Waals surface area contributed by atoms with Gasteiger partial charge in [-0.3, -0.25) is 0 Å². The Morgan fingerprint density at radius 3 is 2.17 bits per heavy atom. The molecule has 0 atom stereocenters. The van der Waals surface area contributed by atoms with Crippen LogP contribution in [0, 0.1) is 0 Å². The highest BCUT2D eigenvalue weighted by Gasteiger charge is 2.37. The largest absolute Gasteiger partial charge is 0.496 e. The predicted molar refractivity (Wildman–Crippen MR) is 94.8 cm³/mol. The number of anilines is 1. The van der Waals surface area contributed by atoms with Gasteiger partial charge in [0.1, 0.15) is 11.5 Å². The highest BCUT2D eigenvalue weighted by molar-refractivity contribution is 5.65. The van der Waals surface area contributed by atoms with Crippen LogP contribution in [-0.2, 0) is 5.41 Å². The number of hydrogen-bond acceptors (Lipinski definition) is 4. The normalized spacial score (nSPS) is 20.6. The molecule has 128 valence electrons. The van der Waals surface area contributed by atoms with E-state index in [1.54, 1.807) is 14.2 Å². The molecule has 0 spiro atoms. The molecule has 1 aromatic carbocycles. The van der Waals surface area contributed by atoms with Gasteiger partial charge in [0.25, 0.3) is 0 Å². The Bertz CT molecular complexity index is 532. The molecule has 0 unspecified atom stereocenters. The molecule has 1 aliphatic carbocycles. The zero-order valence-corrected chi connectivity index (χ0v) is 14.6. The molecule has 1 saturated heterocycles. The molecule has 1 heterocycles. The Hall–Kier alpha value is -1.42. The van der Waals surface area contributed by atoms with Crippen molar-refractivity contribution in [3.63, 3.8) is 0 Å². The summed E-state index contributed by atoms with van der Waals surface area (Å²) < 4.78 is 11.5. The maximum absolute atomic E-state index is 6.19. The Morgan fingerprint density at radius 1 is 0.957 bits per heavy atom.